The van der Waals surface area contributed by atoms with Crippen molar-refractivity contribution in [2.45, 2.75) is 6.92 Å². The molecule has 0 aliphatic rings. The maximum absolute atomic E-state index is 11.1. The van der Waals surface area contributed by atoms with Gasteiger partial charge in [0.25, 0.3) is 0 Å². The van der Waals surface area contributed by atoms with Crippen LogP contribution in [-0.4, -0.2) is 21.2 Å². The first-order chi connectivity index (χ1) is 7.61. The third-order valence-electron chi connectivity index (χ3n) is 2.10. The van der Waals surface area contributed by atoms with Gasteiger partial charge >= 0.3 is 5.97 Å². The number of pyridine rings is 1. The van der Waals surface area contributed by atoms with E-state index in [1.807, 2.05) is 0 Å². The third kappa shape index (κ3) is 1.71. The molecule has 2 aromatic rings. The number of halogens is 1. The van der Waals surface area contributed by atoms with Crippen molar-refractivity contribution in [3.63, 3.8) is 0 Å². The van der Waals surface area contributed by atoms with E-state index in [-0.39, 0.29) is 11.3 Å². The first-order valence-corrected chi connectivity index (χ1v) is 5.20. The van der Waals surface area contributed by atoms with Crippen LogP contribution in [0.15, 0.2) is 27.5 Å². The molecule has 0 unspecified atom stereocenters. The van der Waals surface area contributed by atoms with Gasteiger partial charge in [0.1, 0.15) is 17.0 Å². The molecule has 2 rings (SSSR count). The molecule has 2 heterocycles. The quantitative estimate of drug-likeness (QED) is 0.916. The van der Waals surface area contributed by atoms with Crippen LogP contribution in [0.5, 0.6) is 0 Å². The van der Waals surface area contributed by atoms with Crippen molar-refractivity contribution in [3.8, 4) is 11.3 Å². The molecule has 16 heavy (non-hydrogen) atoms. The van der Waals surface area contributed by atoms with Gasteiger partial charge < -0.3 is 9.63 Å². The topological polar surface area (TPSA) is 76.2 Å². The summed E-state index contributed by atoms with van der Waals surface area (Å²) in [6.45, 7) is 1.56. The van der Waals surface area contributed by atoms with Gasteiger partial charge in [-0.3, -0.25) is 4.98 Å². The summed E-state index contributed by atoms with van der Waals surface area (Å²) in [6.07, 6.45) is 3.14. The van der Waals surface area contributed by atoms with Crippen LogP contribution in [0, 0.1) is 6.92 Å². The van der Waals surface area contributed by atoms with Crippen LogP contribution in [0.1, 0.15) is 16.1 Å². The average Bonchev–Trinajstić information content (AvgIpc) is 2.61. The number of aromatic nitrogens is 2. The second kappa shape index (κ2) is 4.05. The molecule has 1 N–H and O–H groups in total. The van der Waals surface area contributed by atoms with Crippen molar-refractivity contribution in [2.24, 2.45) is 0 Å². The number of aromatic carboxylic acids is 1. The Bertz CT molecular complexity index is 551. The van der Waals surface area contributed by atoms with E-state index in [0.29, 0.717) is 15.7 Å². The Morgan fingerprint density at radius 3 is 2.94 bits per heavy atom. The molecule has 0 bridgehead atoms. The second-order valence-corrected chi connectivity index (χ2v) is 3.98. The SMILES string of the molecule is Cc1onc(-c2ccncc2Br)c1C(=O)O. The van der Waals surface area contributed by atoms with Crippen LogP contribution in [-0.2, 0) is 0 Å². The molecule has 6 heteroatoms. The fourth-order valence-electron chi connectivity index (χ4n) is 1.38. The van der Waals surface area contributed by atoms with Gasteiger partial charge in [-0.2, -0.15) is 0 Å². The third-order valence-corrected chi connectivity index (χ3v) is 2.74. The summed E-state index contributed by atoms with van der Waals surface area (Å²) >= 11 is 3.29. The van der Waals surface area contributed by atoms with E-state index in [0.717, 1.165) is 0 Å². The Balaban J connectivity index is 2.66. The van der Waals surface area contributed by atoms with Crippen molar-refractivity contribution in [3.05, 3.63) is 34.3 Å². The molecule has 0 atom stereocenters. The monoisotopic (exact) mass is 282 g/mol. The van der Waals surface area contributed by atoms with Crippen LogP contribution in [0.2, 0.25) is 0 Å². The molecule has 0 radical (unpaired) electrons. The van der Waals surface area contributed by atoms with Crippen LogP contribution in [0.3, 0.4) is 0 Å². The maximum Gasteiger partial charge on any atom is 0.341 e. The molecular formula is C10H7BrN2O3. The van der Waals surface area contributed by atoms with E-state index in [4.69, 9.17) is 9.63 Å². The minimum atomic E-state index is -1.06. The highest BCUT2D eigenvalue weighted by Gasteiger charge is 2.22. The number of carbonyl (C=O) groups is 1. The summed E-state index contributed by atoms with van der Waals surface area (Å²) in [5.74, 6) is -0.774. The lowest BCUT2D eigenvalue weighted by atomic mass is 10.1. The van der Waals surface area contributed by atoms with Gasteiger partial charge in [0.05, 0.1) is 0 Å². The molecule has 2 aromatic heterocycles. The highest BCUT2D eigenvalue weighted by atomic mass is 79.9. The number of nitrogens with zero attached hydrogens (tertiary/aromatic N) is 2. The minimum Gasteiger partial charge on any atom is -0.477 e. The van der Waals surface area contributed by atoms with Crippen LogP contribution >= 0.6 is 15.9 Å². The van der Waals surface area contributed by atoms with E-state index in [9.17, 15) is 4.79 Å². The van der Waals surface area contributed by atoms with Gasteiger partial charge in [-0.1, -0.05) is 5.16 Å². The number of rotatable bonds is 2. The lowest BCUT2D eigenvalue weighted by Crippen LogP contribution is -1.99. The maximum atomic E-state index is 11.1. The highest BCUT2D eigenvalue weighted by molar-refractivity contribution is 9.10. The number of aryl methyl sites for hydroxylation is 1. The van der Waals surface area contributed by atoms with E-state index >= 15 is 0 Å². The summed E-state index contributed by atoms with van der Waals surface area (Å²) in [5.41, 5.74) is 1.02. The number of hydrogen-bond acceptors (Lipinski definition) is 4. The second-order valence-electron chi connectivity index (χ2n) is 3.12. The Morgan fingerprint density at radius 2 is 2.31 bits per heavy atom. The van der Waals surface area contributed by atoms with Crippen molar-refractivity contribution in [1.82, 2.24) is 10.1 Å². The molecule has 0 spiro atoms. The Morgan fingerprint density at radius 1 is 1.56 bits per heavy atom. The van der Waals surface area contributed by atoms with Crippen molar-refractivity contribution in [2.75, 3.05) is 0 Å². The zero-order valence-corrected chi connectivity index (χ0v) is 9.85. The highest BCUT2D eigenvalue weighted by Crippen LogP contribution is 2.30. The minimum absolute atomic E-state index is 0.0758. The van der Waals surface area contributed by atoms with Crippen LogP contribution in [0.4, 0.5) is 0 Å². The predicted octanol–water partition coefficient (Wildman–Crippen LogP) is 2.51. The van der Waals surface area contributed by atoms with Gasteiger partial charge in [0.15, 0.2) is 0 Å². The summed E-state index contributed by atoms with van der Waals surface area (Å²) in [5, 5.41) is 12.8. The van der Waals surface area contributed by atoms with E-state index in [1.54, 1.807) is 25.4 Å². The molecule has 0 saturated heterocycles. The fourth-order valence-corrected chi connectivity index (χ4v) is 1.81. The van der Waals surface area contributed by atoms with E-state index < -0.39 is 5.97 Å². The molecule has 5 nitrogen and oxygen atoms in total. The zero-order chi connectivity index (χ0) is 11.7. The molecule has 0 saturated carbocycles. The Kier molecular flexibility index (Phi) is 2.74. The van der Waals surface area contributed by atoms with Crippen molar-refractivity contribution in [1.29, 1.82) is 0 Å². The first-order valence-electron chi connectivity index (χ1n) is 4.40. The zero-order valence-electron chi connectivity index (χ0n) is 8.27. The molecule has 82 valence electrons. The largest absolute Gasteiger partial charge is 0.477 e. The van der Waals surface area contributed by atoms with E-state index in [2.05, 4.69) is 26.1 Å². The summed E-state index contributed by atoms with van der Waals surface area (Å²) < 4.78 is 5.57. The van der Waals surface area contributed by atoms with Gasteiger partial charge in [-0.15, -0.1) is 0 Å². The molecule has 0 fully saturated rings. The number of carboxylic acid groups (broad SMARTS) is 1. The summed E-state index contributed by atoms with van der Waals surface area (Å²) in [6, 6.07) is 1.67. The molecule has 0 amide bonds. The standard InChI is InChI=1S/C10H7BrN2O3/c1-5-8(10(14)15)9(13-16-5)6-2-3-12-4-7(6)11/h2-4H,1H3,(H,14,15). The fraction of sp³-hybridized carbons (Fsp3) is 0.100. The Hall–Kier alpha value is -1.69. The van der Waals surface area contributed by atoms with Crippen LogP contribution < -0.4 is 0 Å². The smallest absolute Gasteiger partial charge is 0.341 e. The summed E-state index contributed by atoms with van der Waals surface area (Å²) in [4.78, 5) is 15.0. The number of carboxylic acids is 1. The van der Waals surface area contributed by atoms with Crippen molar-refractivity contribution < 1.29 is 14.4 Å². The number of hydrogen-bond donors (Lipinski definition) is 1. The van der Waals surface area contributed by atoms with Gasteiger partial charge in [-0.05, 0) is 28.9 Å². The average molecular weight is 283 g/mol. The normalized spacial score (nSPS) is 10.4. The van der Waals surface area contributed by atoms with Gasteiger partial charge in [0.2, 0.25) is 0 Å². The Labute approximate surface area is 99.2 Å². The van der Waals surface area contributed by atoms with Gasteiger partial charge in [0, 0.05) is 22.4 Å². The molecule has 0 aliphatic heterocycles. The molecule has 0 aliphatic carbocycles. The van der Waals surface area contributed by atoms with Gasteiger partial charge in [-0.25, -0.2) is 4.79 Å². The summed E-state index contributed by atoms with van der Waals surface area (Å²) in [7, 11) is 0. The molecular weight excluding hydrogens is 276 g/mol. The van der Waals surface area contributed by atoms with Crippen LogP contribution in [0.25, 0.3) is 11.3 Å². The predicted molar refractivity (Wildman–Crippen MR) is 59.1 cm³/mol. The molecule has 0 aromatic carbocycles. The lowest BCUT2D eigenvalue weighted by Gasteiger charge is -2.00. The lowest BCUT2D eigenvalue weighted by molar-refractivity contribution is 0.0696. The first kappa shape index (κ1) is 10.8. The van der Waals surface area contributed by atoms with E-state index in [1.165, 1.54) is 0 Å². The van der Waals surface area contributed by atoms with Crippen molar-refractivity contribution >= 4 is 21.9 Å².